The molecular weight excluding hydrogens is 588 g/mol. The van der Waals surface area contributed by atoms with E-state index in [1.165, 1.54) is 12.3 Å². The highest BCUT2D eigenvalue weighted by atomic mass is 35.5. The Balaban J connectivity index is 1.39. The first kappa shape index (κ1) is 31.8. The summed E-state index contributed by atoms with van der Waals surface area (Å²) in [6.07, 6.45) is 3.82. The van der Waals surface area contributed by atoms with E-state index >= 15 is 0 Å². The van der Waals surface area contributed by atoms with Crippen LogP contribution in [0.25, 0.3) is 0 Å². The van der Waals surface area contributed by atoms with Crippen molar-refractivity contribution in [3.05, 3.63) is 66.3 Å². The largest absolute Gasteiger partial charge is 0.494 e. The molecule has 13 heteroatoms. The summed E-state index contributed by atoms with van der Waals surface area (Å²) in [6.45, 7) is 9.96. The van der Waals surface area contributed by atoms with Crippen LogP contribution in [0.5, 0.6) is 17.4 Å². The fraction of sp³-hybridized carbons (Fsp3) is 0.333. The predicted octanol–water partition coefficient (Wildman–Crippen LogP) is 5.43. The quantitative estimate of drug-likeness (QED) is 0.178. The van der Waals surface area contributed by atoms with E-state index in [0.717, 1.165) is 18.2 Å². The number of nitrogens with zero attached hydrogens (tertiary/aromatic N) is 4. The monoisotopic (exact) mass is 624 g/mol. The van der Waals surface area contributed by atoms with Gasteiger partial charge in [0.2, 0.25) is 23.6 Å². The minimum Gasteiger partial charge on any atom is -0.494 e. The first-order valence-corrected chi connectivity index (χ1v) is 17.5. The number of anilines is 4. The van der Waals surface area contributed by atoms with Gasteiger partial charge in [0.1, 0.15) is 16.5 Å². The van der Waals surface area contributed by atoms with Crippen molar-refractivity contribution in [3.8, 4) is 17.4 Å². The van der Waals surface area contributed by atoms with Gasteiger partial charge in [-0.1, -0.05) is 24.2 Å². The van der Waals surface area contributed by atoms with Crippen molar-refractivity contribution in [1.82, 2.24) is 14.9 Å². The molecule has 0 bridgehead atoms. The maximum Gasteiger partial charge on any atom is 0.247 e. The average molecular weight is 625 g/mol. The van der Waals surface area contributed by atoms with E-state index < -0.39 is 8.32 Å². The van der Waals surface area contributed by atoms with E-state index in [4.69, 9.17) is 21.1 Å². The molecule has 0 radical (unpaired) electrons. The lowest BCUT2D eigenvalue weighted by molar-refractivity contribution is -0.131. The lowest BCUT2D eigenvalue weighted by Crippen LogP contribution is -2.48. The number of rotatable bonds is 12. The van der Waals surface area contributed by atoms with Gasteiger partial charge in [0, 0.05) is 56.1 Å². The van der Waals surface area contributed by atoms with Crippen LogP contribution in [0, 0.1) is 0 Å². The zero-order chi connectivity index (χ0) is 31.0. The lowest BCUT2D eigenvalue weighted by atomic mass is 10.2. The number of hydrogen-bond donors (Lipinski definition) is 3. The second kappa shape index (κ2) is 14.4. The normalized spacial score (nSPS) is 13.3. The molecule has 3 aromatic rings. The number of carbonyl (C=O) groups excluding carboxylic acids is 2. The molecule has 3 N–H and O–H groups in total. The van der Waals surface area contributed by atoms with Gasteiger partial charge in [0.15, 0.2) is 8.32 Å². The van der Waals surface area contributed by atoms with E-state index in [-0.39, 0.29) is 28.7 Å². The highest BCUT2D eigenvalue weighted by Gasteiger charge is 2.23. The van der Waals surface area contributed by atoms with Gasteiger partial charge in [0.05, 0.1) is 19.0 Å². The Hall–Kier alpha value is -4.13. The third kappa shape index (κ3) is 9.17. The van der Waals surface area contributed by atoms with Crippen LogP contribution < -0.4 is 25.0 Å². The van der Waals surface area contributed by atoms with E-state index in [9.17, 15) is 14.4 Å². The molecule has 0 atom stereocenters. The summed E-state index contributed by atoms with van der Waals surface area (Å²) < 4.78 is 11.5. The lowest BCUT2D eigenvalue weighted by Gasteiger charge is -2.36. The Bertz CT molecular complexity index is 1460. The molecule has 0 spiro atoms. The number of amides is 2. The summed E-state index contributed by atoms with van der Waals surface area (Å²) in [5.74, 6) is 1.22. The van der Waals surface area contributed by atoms with Gasteiger partial charge in [-0.2, -0.15) is 4.98 Å². The Morgan fingerprint density at radius 3 is 2.63 bits per heavy atom. The molecular formula is C30H37ClN6O5Si. The molecule has 1 aromatic heterocycles. The Morgan fingerprint density at radius 2 is 1.93 bits per heavy atom. The first-order chi connectivity index (χ1) is 20.5. The summed E-state index contributed by atoms with van der Waals surface area (Å²) in [5, 5.41) is 6.06. The maximum atomic E-state index is 12.6. The van der Waals surface area contributed by atoms with Gasteiger partial charge in [-0.05, 0) is 55.9 Å². The van der Waals surface area contributed by atoms with Crippen LogP contribution >= 0.6 is 11.6 Å². The van der Waals surface area contributed by atoms with Crippen molar-refractivity contribution in [1.29, 1.82) is 0 Å². The molecule has 228 valence electrons. The van der Waals surface area contributed by atoms with Crippen molar-refractivity contribution < 1.29 is 23.9 Å². The summed E-state index contributed by atoms with van der Waals surface area (Å²) in [4.78, 5) is 47.1. The van der Waals surface area contributed by atoms with Crippen molar-refractivity contribution in [3.63, 3.8) is 0 Å². The maximum absolute atomic E-state index is 12.6. The van der Waals surface area contributed by atoms with Gasteiger partial charge in [-0.15, -0.1) is 0 Å². The molecule has 0 aliphatic carbocycles. The zero-order valence-electron chi connectivity index (χ0n) is 24.6. The summed E-state index contributed by atoms with van der Waals surface area (Å²) in [5.41, 5.74) is 2.16. The van der Waals surface area contributed by atoms with Crippen LogP contribution in [0.1, 0.15) is 12.8 Å². The second-order valence-corrected chi connectivity index (χ2v) is 15.2. The van der Waals surface area contributed by atoms with Gasteiger partial charge in [-0.3, -0.25) is 9.59 Å². The fourth-order valence-corrected chi connectivity index (χ4v) is 5.74. The second-order valence-electron chi connectivity index (χ2n) is 10.7. The number of halogens is 1. The minimum atomic E-state index is -2.13. The van der Waals surface area contributed by atoms with E-state index in [1.807, 2.05) is 36.2 Å². The van der Waals surface area contributed by atoms with Crippen LogP contribution in [-0.2, 0) is 9.59 Å². The number of aromatic nitrogens is 2. The fourth-order valence-electron chi connectivity index (χ4n) is 4.57. The zero-order valence-corrected chi connectivity index (χ0v) is 26.4. The van der Waals surface area contributed by atoms with Gasteiger partial charge >= 0.3 is 0 Å². The molecule has 1 aliphatic rings. The van der Waals surface area contributed by atoms with E-state index in [2.05, 4.69) is 32.1 Å². The number of piperazine rings is 1. The smallest absolute Gasteiger partial charge is 0.247 e. The number of methoxy groups -OCH3 is 1. The molecule has 1 saturated heterocycles. The van der Waals surface area contributed by atoms with Crippen LogP contribution in [0.2, 0.25) is 24.2 Å². The third-order valence-electron chi connectivity index (χ3n) is 6.82. The molecule has 4 rings (SSSR count). The standard InChI is InChI=1S/C30H37ClN6O5Si/c1-5-27(38)33-21-8-6-9-23(18-21)42-29-24(31)20-32-30(35-29)34-25-12-11-22(19-26(25)41-2)36-13-15-37(16-14-36)28(39)10-7-17-43(3,4)40/h5-6,8-9,11-12,18-20,40H,1,7,10,13-17H2,2-4H3,(H,33,38)(H,32,34,35). The number of carbonyl (C=O) groups is 2. The van der Waals surface area contributed by atoms with Gasteiger partial charge in [0.25, 0.3) is 0 Å². The van der Waals surface area contributed by atoms with Crippen LogP contribution in [0.15, 0.2) is 61.3 Å². The molecule has 2 amide bonds. The van der Waals surface area contributed by atoms with Crippen LogP contribution in [0.3, 0.4) is 0 Å². The molecule has 2 aromatic carbocycles. The average Bonchev–Trinajstić information content (AvgIpc) is 2.98. The highest BCUT2D eigenvalue weighted by molar-refractivity contribution is 6.69. The van der Waals surface area contributed by atoms with Crippen molar-refractivity contribution in [2.45, 2.75) is 32.0 Å². The predicted molar refractivity (Wildman–Crippen MR) is 171 cm³/mol. The Morgan fingerprint density at radius 1 is 1.16 bits per heavy atom. The Labute approximate surface area is 257 Å². The number of nitrogens with one attached hydrogen (secondary N) is 2. The first-order valence-electron chi connectivity index (χ1n) is 14.0. The van der Waals surface area contributed by atoms with Crippen LogP contribution in [0.4, 0.5) is 23.0 Å². The number of ether oxygens (including phenoxy) is 2. The SMILES string of the molecule is C=CC(=O)Nc1cccc(Oc2nc(Nc3ccc(N4CCN(C(=O)CCC[Si](C)(C)O)CC4)cc3OC)ncc2Cl)c1. The number of benzene rings is 2. The molecule has 2 heterocycles. The summed E-state index contributed by atoms with van der Waals surface area (Å²) in [7, 11) is -0.537. The van der Waals surface area contributed by atoms with Crippen molar-refractivity contribution >= 4 is 54.7 Å². The summed E-state index contributed by atoms with van der Waals surface area (Å²) >= 11 is 6.31. The third-order valence-corrected chi connectivity index (χ3v) is 8.66. The molecule has 0 unspecified atom stereocenters. The Kier molecular flexibility index (Phi) is 10.6. The van der Waals surface area contributed by atoms with Gasteiger partial charge < -0.3 is 34.7 Å². The van der Waals surface area contributed by atoms with Crippen molar-refractivity contribution in [2.75, 3.05) is 48.8 Å². The number of hydrogen-bond acceptors (Lipinski definition) is 9. The van der Waals surface area contributed by atoms with Gasteiger partial charge in [-0.25, -0.2) is 4.98 Å². The van der Waals surface area contributed by atoms with E-state index in [1.54, 1.807) is 31.4 Å². The molecule has 1 fully saturated rings. The topological polar surface area (TPSA) is 129 Å². The summed E-state index contributed by atoms with van der Waals surface area (Å²) in [6, 6.07) is 13.3. The minimum absolute atomic E-state index is 0.136. The van der Waals surface area contributed by atoms with Crippen molar-refractivity contribution in [2.24, 2.45) is 0 Å². The highest BCUT2D eigenvalue weighted by Crippen LogP contribution is 2.34. The molecule has 1 aliphatic heterocycles. The van der Waals surface area contributed by atoms with Crippen LogP contribution in [-0.4, -0.2) is 73.1 Å². The molecule has 11 nitrogen and oxygen atoms in total. The van der Waals surface area contributed by atoms with E-state index in [0.29, 0.717) is 55.5 Å². The molecule has 43 heavy (non-hydrogen) atoms. The molecule has 0 saturated carbocycles.